The van der Waals surface area contributed by atoms with Crippen molar-refractivity contribution in [2.45, 2.75) is 50.8 Å². The van der Waals surface area contributed by atoms with Crippen molar-refractivity contribution >= 4 is 9.84 Å². The quantitative estimate of drug-likeness (QED) is 0.878. The lowest BCUT2D eigenvalue weighted by atomic mass is 10.0. The first-order valence-corrected chi connectivity index (χ1v) is 9.28. The molecule has 1 heterocycles. The fourth-order valence-electron chi connectivity index (χ4n) is 2.78. The Balaban J connectivity index is 1.90. The number of hydrogen-bond donors (Lipinski definition) is 1. The number of benzene rings is 1. The molecule has 1 aliphatic rings. The molecule has 112 valence electrons. The van der Waals surface area contributed by atoms with Crippen LogP contribution in [0.15, 0.2) is 24.3 Å². The van der Waals surface area contributed by atoms with Crippen LogP contribution in [-0.4, -0.2) is 26.0 Å². The number of aryl methyl sites for hydroxylation is 1. The Bertz CT molecular complexity index is 522. The molecule has 0 amide bonds. The van der Waals surface area contributed by atoms with Gasteiger partial charge in [0.15, 0.2) is 9.84 Å². The predicted octanol–water partition coefficient (Wildman–Crippen LogP) is 2.87. The lowest BCUT2D eigenvalue weighted by molar-refractivity contribution is 0.538. The van der Waals surface area contributed by atoms with E-state index in [1.54, 1.807) is 0 Å². The van der Waals surface area contributed by atoms with Crippen molar-refractivity contribution < 1.29 is 8.42 Å². The van der Waals surface area contributed by atoms with Gasteiger partial charge in [0.05, 0.1) is 11.0 Å². The second-order valence-corrected chi connectivity index (χ2v) is 8.15. The third kappa shape index (κ3) is 3.83. The molecule has 2 rings (SSSR count). The smallest absolute Gasteiger partial charge is 0.154 e. The van der Waals surface area contributed by atoms with Crippen LogP contribution in [0.1, 0.15) is 50.3 Å². The molecule has 1 saturated heterocycles. The highest BCUT2D eigenvalue weighted by Crippen LogP contribution is 2.21. The average Bonchev–Trinajstić information content (AvgIpc) is 2.76. The van der Waals surface area contributed by atoms with Crippen LogP contribution in [0.2, 0.25) is 0 Å². The van der Waals surface area contributed by atoms with Crippen molar-refractivity contribution in [3.8, 4) is 0 Å². The summed E-state index contributed by atoms with van der Waals surface area (Å²) in [6, 6.07) is 8.83. The summed E-state index contributed by atoms with van der Waals surface area (Å²) in [5, 5.41) is 3.18. The standard InChI is InChI=1S/C16H25NO2S/c1-3-5-14-7-9-15(10-8-14)13(2)17-12-16-6-4-11-20(16,18)19/h7-10,13,16-17H,3-6,11-12H2,1-2H3. The molecule has 0 radical (unpaired) electrons. The predicted molar refractivity (Wildman–Crippen MR) is 83.7 cm³/mol. The van der Waals surface area contributed by atoms with Crippen LogP contribution < -0.4 is 5.32 Å². The Morgan fingerprint density at radius 3 is 2.55 bits per heavy atom. The van der Waals surface area contributed by atoms with Gasteiger partial charge in [0, 0.05) is 12.6 Å². The highest BCUT2D eigenvalue weighted by atomic mass is 32.2. The van der Waals surface area contributed by atoms with Crippen molar-refractivity contribution in [2.24, 2.45) is 0 Å². The molecule has 1 aromatic carbocycles. The average molecular weight is 295 g/mol. The van der Waals surface area contributed by atoms with E-state index in [0.717, 1.165) is 25.7 Å². The summed E-state index contributed by atoms with van der Waals surface area (Å²) in [7, 11) is -2.84. The number of sulfone groups is 1. The van der Waals surface area contributed by atoms with Gasteiger partial charge in [-0.15, -0.1) is 0 Å². The zero-order valence-corrected chi connectivity index (χ0v) is 13.2. The molecular weight excluding hydrogens is 270 g/mol. The first-order chi connectivity index (χ1) is 9.53. The van der Waals surface area contributed by atoms with Gasteiger partial charge in [0.2, 0.25) is 0 Å². The van der Waals surface area contributed by atoms with Crippen molar-refractivity contribution in [3.63, 3.8) is 0 Å². The molecule has 2 unspecified atom stereocenters. The summed E-state index contributed by atoms with van der Waals surface area (Å²) >= 11 is 0. The summed E-state index contributed by atoms with van der Waals surface area (Å²) in [5.74, 6) is 0.361. The van der Waals surface area contributed by atoms with E-state index in [1.807, 2.05) is 0 Å². The van der Waals surface area contributed by atoms with Gasteiger partial charge in [0.25, 0.3) is 0 Å². The first-order valence-electron chi connectivity index (χ1n) is 7.56. The van der Waals surface area contributed by atoms with Crippen LogP contribution in [0.25, 0.3) is 0 Å². The lowest BCUT2D eigenvalue weighted by Gasteiger charge is -2.17. The molecule has 0 aliphatic carbocycles. The van der Waals surface area contributed by atoms with Gasteiger partial charge in [-0.2, -0.15) is 0 Å². The minimum atomic E-state index is -2.84. The molecule has 1 aromatic rings. The normalized spacial score (nSPS) is 22.8. The molecule has 0 spiro atoms. The summed E-state index contributed by atoms with van der Waals surface area (Å²) in [4.78, 5) is 0. The minimum absolute atomic E-state index is 0.190. The Morgan fingerprint density at radius 2 is 2.00 bits per heavy atom. The first kappa shape index (κ1) is 15.5. The second-order valence-electron chi connectivity index (χ2n) is 5.75. The third-order valence-electron chi connectivity index (χ3n) is 4.13. The van der Waals surface area contributed by atoms with Crippen LogP contribution in [0.5, 0.6) is 0 Å². The molecule has 20 heavy (non-hydrogen) atoms. The molecule has 0 aromatic heterocycles. The van der Waals surface area contributed by atoms with Crippen LogP contribution >= 0.6 is 0 Å². The van der Waals surface area contributed by atoms with E-state index in [1.165, 1.54) is 11.1 Å². The fraction of sp³-hybridized carbons (Fsp3) is 0.625. The summed E-state index contributed by atoms with van der Waals surface area (Å²) < 4.78 is 23.6. The van der Waals surface area contributed by atoms with Gasteiger partial charge in [0.1, 0.15) is 0 Å². The van der Waals surface area contributed by atoms with Crippen LogP contribution in [0, 0.1) is 0 Å². The van der Waals surface area contributed by atoms with E-state index < -0.39 is 9.84 Å². The zero-order chi connectivity index (χ0) is 14.6. The SMILES string of the molecule is CCCc1ccc(C(C)NCC2CCCS2(=O)=O)cc1. The van der Waals surface area contributed by atoms with Crippen molar-refractivity contribution in [2.75, 3.05) is 12.3 Å². The van der Waals surface area contributed by atoms with E-state index in [-0.39, 0.29) is 11.3 Å². The minimum Gasteiger partial charge on any atom is -0.309 e. The Hall–Kier alpha value is -0.870. The maximum atomic E-state index is 11.8. The van der Waals surface area contributed by atoms with Crippen molar-refractivity contribution in [1.82, 2.24) is 5.32 Å². The lowest BCUT2D eigenvalue weighted by Crippen LogP contribution is -2.32. The molecule has 1 fully saturated rings. The van der Waals surface area contributed by atoms with Gasteiger partial charge in [-0.25, -0.2) is 8.42 Å². The third-order valence-corrected chi connectivity index (χ3v) is 6.41. The Kier molecular flexibility index (Phi) is 5.22. The van der Waals surface area contributed by atoms with Crippen molar-refractivity contribution in [3.05, 3.63) is 35.4 Å². The maximum Gasteiger partial charge on any atom is 0.154 e. The molecule has 1 aliphatic heterocycles. The maximum absolute atomic E-state index is 11.8. The molecule has 3 nitrogen and oxygen atoms in total. The van der Waals surface area contributed by atoms with E-state index in [2.05, 4.69) is 43.4 Å². The molecule has 4 heteroatoms. The second kappa shape index (κ2) is 6.72. The Morgan fingerprint density at radius 1 is 1.30 bits per heavy atom. The van der Waals surface area contributed by atoms with E-state index in [4.69, 9.17) is 0 Å². The number of hydrogen-bond acceptors (Lipinski definition) is 3. The summed E-state index contributed by atoms with van der Waals surface area (Å²) in [6.45, 7) is 4.84. The monoisotopic (exact) mass is 295 g/mol. The van der Waals surface area contributed by atoms with E-state index in [9.17, 15) is 8.42 Å². The summed E-state index contributed by atoms with van der Waals surface area (Å²) in [6.07, 6.45) is 3.89. The van der Waals surface area contributed by atoms with Crippen LogP contribution in [0.3, 0.4) is 0 Å². The molecule has 0 bridgehead atoms. The van der Waals surface area contributed by atoms with Gasteiger partial charge >= 0.3 is 0 Å². The van der Waals surface area contributed by atoms with E-state index in [0.29, 0.717) is 12.3 Å². The highest BCUT2D eigenvalue weighted by Gasteiger charge is 2.31. The van der Waals surface area contributed by atoms with Gasteiger partial charge in [-0.3, -0.25) is 0 Å². The molecule has 2 atom stereocenters. The van der Waals surface area contributed by atoms with Gasteiger partial charge < -0.3 is 5.32 Å². The number of nitrogens with one attached hydrogen (secondary N) is 1. The molecular formula is C16H25NO2S. The van der Waals surface area contributed by atoms with Crippen LogP contribution in [-0.2, 0) is 16.3 Å². The number of rotatable bonds is 6. The molecule has 0 saturated carbocycles. The van der Waals surface area contributed by atoms with Gasteiger partial charge in [-0.05, 0) is 37.3 Å². The Labute approximate surface area is 122 Å². The highest BCUT2D eigenvalue weighted by molar-refractivity contribution is 7.92. The largest absolute Gasteiger partial charge is 0.309 e. The van der Waals surface area contributed by atoms with Crippen LogP contribution in [0.4, 0.5) is 0 Å². The fourth-order valence-corrected chi connectivity index (χ4v) is 4.55. The van der Waals surface area contributed by atoms with E-state index >= 15 is 0 Å². The van der Waals surface area contributed by atoms with Crippen molar-refractivity contribution in [1.29, 1.82) is 0 Å². The zero-order valence-electron chi connectivity index (χ0n) is 12.4. The molecule has 1 N–H and O–H groups in total. The van der Waals surface area contributed by atoms with Gasteiger partial charge in [-0.1, -0.05) is 37.6 Å². The summed E-state index contributed by atoms with van der Waals surface area (Å²) in [5.41, 5.74) is 2.59. The topological polar surface area (TPSA) is 46.2 Å².